The number of amides is 1. The largest absolute Gasteiger partial charge is 0.484 e. The molecule has 0 spiro atoms. The van der Waals surface area contributed by atoms with Crippen LogP contribution in [0, 0.1) is 19.3 Å². The van der Waals surface area contributed by atoms with E-state index in [0.717, 1.165) is 36.1 Å². The highest BCUT2D eigenvalue weighted by Crippen LogP contribution is 2.47. The standard InChI is InChI=1S/C16H23NO3/c1-12-7-13(2)9-14(8-12)20-10-15(19)17-11-16(3-4-16)5-6-18/h7-9,18H,3-6,10-11H2,1-2H3,(H,17,19). The molecule has 1 fully saturated rings. The second-order valence-corrected chi connectivity index (χ2v) is 5.86. The molecule has 1 aliphatic carbocycles. The highest BCUT2D eigenvalue weighted by atomic mass is 16.5. The number of hydrogen-bond donors (Lipinski definition) is 2. The second-order valence-electron chi connectivity index (χ2n) is 5.86. The Labute approximate surface area is 120 Å². The number of aryl methyl sites for hydroxylation is 2. The van der Waals surface area contributed by atoms with Crippen molar-refractivity contribution in [1.29, 1.82) is 0 Å². The van der Waals surface area contributed by atoms with Crippen molar-refractivity contribution >= 4 is 5.91 Å². The summed E-state index contributed by atoms with van der Waals surface area (Å²) >= 11 is 0. The third-order valence-corrected chi connectivity index (χ3v) is 3.82. The van der Waals surface area contributed by atoms with Crippen LogP contribution in [0.25, 0.3) is 0 Å². The molecule has 1 aliphatic rings. The van der Waals surface area contributed by atoms with Gasteiger partial charge in [0.15, 0.2) is 6.61 Å². The van der Waals surface area contributed by atoms with Crippen LogP contribution in [0.15, 0.2) is 18.2 Å². The number of carbonyl (C=O) groups is 1. The molecule has 4 nitrogen and oxygen atoms in total. The summed E-state index contributed by atoms with van der Waals surface area (Å²) in [6.45, 7) is 4.88. The van der Waals surface area contributed by atoms with Gasteiger partial charge in [0.05, 0.1) is 0 Å². The molecule has 0 aromatic heterocycles. The minimum atomic E-state index is -0.103. The summed E-state index contributed by atoms with van der Waals surface area (Å²) in [6, 6.07) is 5.92. The summed E-state index contributed by atoms with van der Waals surface area (Å²) in [5.74, 6) is 0.627. The first-order valence-electron chi connectivity index (χ1n) is 7.12. The molecule has 0 heterocycles. The lowest BCUT2D eigenvalue weighted by Crippen LogP contribution is -2.34. The third-order valence-electron chi connectivity index (χ3n) is 3.82. The smallest absolute Gasteiger partial charge is 0.257 e. The van der Waals surface area contributed by atoms with Gasteiger partial charge in [0.1, 0.15) is 5.75 Å². The zero-order valence-corrected chi connectivity index (χ0v) is 12.2. The van der Waals surface area contributed by atoms with Crippen LogP contribution in [0.2, 0.25) is 0 Å². The number of ether oxygens (including phenoxy) is 1. The van der Waals surface area contributed by atoms with E-state index in [4.69, 9.17) is 9.84 Å². The topological polar surface area (TPSA) is 58.6 Å². The van der Waals surface area contributed by atoms with Crippen molar-refractivity contribution in [3.05, 3.63) is 29.3 Å². The van der Waals surface area contributed by atoms with E-state index in [1.165, 1.54) is 0 Å². The van der Waals surface area contributed by atoms with E-state index >= 15 is 0 Å². The molecule has 1 amide bonds. The summed E-state index contributed by atoms with van der Waals surface area (Å²) in [5.41, 5.74) is 2.39. The first kappa shape index (κ1) is 14.9. The van der Waals surface area contributed by atoms with E-state index in [1.807, 2.05) is 26.0 Å². The first-order valence-corrected chi connectivity index (χ1v) is 7.12. The van der Waals surface area contributed by atoms with E-state index < -0.39 is 0 Å². The zero-order valence-electron chi connectivity index (χ0n) is 12.2. The van der Waals surface area contributed by atoms with Gasteiger partial charge in [-0.1, -0.05) is 6.07 Å². The maximum atomic E-state index is 11.8. The van der Waals surface area contributed by atoms with Crippen molar-refractivity contribution < 1.29 is 14.6 Å². The fraction of sp³-hybridized carbons (Fsp3) is 0.562. The van der Waals surface area contributed by atoms with Crippen molar-refractivity contribution in [2.24, 2.45) is 5.41 Å². The molecule has 1 aromatic rings. The molecule has 1 saturated carbocycles. The maximum absolute atomic E-state index is 11.8. The third kappa shape index (κ3) is 4.23. The van der Waals surface area contributed by atoms with Crippen molar-refractivity contribution in [1.82, 2.24) is 5.32 Å². The van der Waals surface area contributed by atoms with E-state index in [2.05, 4.69) is 11.4 Å². The Kier molecular flexibility index (Phi) is 4.65. The van der Waals surface area contributed by atoms with Gasteiger partial charge in [-0.3, -0.25) is 4.79 Å². The highest BCUT2D eigenvalue weighted by molar-refractivity contribution is 5.77. The number of aliphatic hydroxyl groups excluding tert-OH is 1. The van der Waals surface area contributed by atoms with E-state index in [-0.39, 0.29) is 24.5 Å². The fourth-order valence-corrected chi connectivity index (χ4v) is 2.43. The van der Waals surface area contributed by atoms with Crippen molar-refractivity contribution in [3.8, 4) is 5.75 Å². The van der Waals surface area contributed by atoms with Crippen molar-refractivity contribution in [2.45, 2.75) is 33.1 Å². The van der Waals surface area contributed by atoms with Crippen LogP contribution in [-0.4, -0.2) is 30.8 Å². The van der Waals surface area contributed by atoms with E-state index in [0.29, 0.717) is 6.54 Å². The molecule has 0 bridgehead atoms. The van der Waals surface area contributed by atoms with E-state index in [9.17, 15) is 4.79 Å². The quantitative estimate of drug-likeness (QED) is 0.801. The molecule has 2 rings (SSSR count). The number of rotatable bonds is 7. The summed E-state index contributed by atoms with van der Waals surface area (Å²) in [5, 5.41) is 11.9. The van der Waals surface area contributed by atoms with Gasteiger partial charge in [0.25, 0.3) is 5.91 Å². The van der Waals surface area contributed by atoms with Gasteiger partial charge in [-0.25, -0.2) is 0 Å². The molecule has 0 aliphatic heterocycles. The summed E-state index contributed by atoms with van der Waals surface area (Å²) in [4.78, 5) is 11.8. The Hall–Kier alpha value is -1.55. The lowest BCUT2D eigenvalue weighted by molar-refractivity contribution is -0.123. The average Bonchev–Trinajstić information content (AvgIpc) is 3.14. The summed E-state index contributed by atoms with van der Waals surface area (Å²) in [6.07, 6.45) is 2.95. The first-order chi connectivity index (χ1) is 9.53. The number of aliphatic hydroxyl groups is 1. The zero-order chi connectivity index (χ0) is 14.6. The Morgan fingerprint density at radius 1 is 1.30 bits per heavy atom. The van der Waals surface area contributed by atoms with Crippen LogP contribution in [0.5, 0.6) is 5.75 Å². The van der Waals surface area contributed by atoms with Crippen molar-refractivity contribution in [2.75, 3.05) is 19.8 Å². The normalized spacial score (nSPS) is 15.8. The van der Waals surface area contributed by atoms with Gasteiger partial charge in [-0.2, -0.15) is 0 Å². The molecule has 0 unspecified atom stereocenters. The maximum Gasteiger partial charge on any atom is 0.257 e. The Morgan fingerprint density at radius 3 is 2.50 bits per heavy atom. The van der Waals surface area contributed by atoms with Gasteiger partial charge in [-0.15, -0.1) is 0 Å². The lowest BCUT2D eigenvalue weighted by Gasteiger charge is -2.15. The minimum Gasteiger partial charge on any atom is -0.484 e. The van der Waals surface area contributed by atoms with Gasteiger partial charge < -0.3 is 15.2 Å². The fourth-order valence-electron chi connectivity index (χ4n) is 2.43. The average molecular weight is 277 g/mol. The lowest BCUT2D eigenvalue weighted by atomic mass is 10.0. The van der Waals surface area contributed by atoms with Crippen LogP contribution >= 0.6 is 0 Å². The monoisotopic (exact) mass is 277 g/mol. The second kappa shape index (κ2) is 6.27. The number of carbonyl (C=O) groups excluding carboxylic acids is 1. The van der Waals surface area contributed by atoms with Crippen LogP contribution in [-0.2, 0) is 4.79 Å². The van der Waals surface area contributed by atoms with Gasteiger partial charge in [0.2, 0.25) is 0 Å². The predicted molar refractivity (Wildman–Crippen MR) is 77.8 cm³/mol. The molecule has 2 N–H and O–H groups in total. The predicted octanol–water partition coefficient (Wildman–Crippen LogP) is 1.96. The van der Waals surface area contributed by atoms with Crippen LogP contribution in [0.3, 0.4) is 0 Å². The Bertz CT molecular complexity index is 460. The summed E-state index contributed by atoms with van der Waals surface area (Å²) in [7, 11) is 0. The molecule has 4 heteroatoms. The van der Waals surface area contributed by atoms with Crippen molar-refractivity contribution in [3.63, 3.8) is 0 Å². The molecule has 20 heavy (non-hydrogen) atoms. The van der Waals surface area contributed by atoms with Gasteiger partial charge in [0, 0.05) is 13.2 Å². The van der Waals surface area contributed by atoms with Gasteiger partial charge in [-0.05, 0) is 61.8 Å². The molecular formula is C16H23NO3. The molecular weight excluding hydrogens is 254 g/mol. The van der Waals surface area contributed by atoms with Crippen LogP contribution in [0.1, 0.15) is 30.4 Å². The molecule has 0 saturated heterocycles. The van der Waals surface area contributed by atoms with Crippen LogP contribution in [0.4, 0.5) is 0 Å². The number of benzene rings is 1. The molecule has 0 atom stereocenters. The van der Waals surface area contributed by atoms with Gasteiger partial charge >= 0.3 is 0 Å². The Balaban J connectivity index is 1.75. The van der Waals surface area contributed by atoms with Crippen LogP contribution < -0.4 is 10.1 Å². The highest BCUT2D eigenvalue weighted by Gasteiger charge is 2.41. The van der Waals surface area contributed by atoms with E-state index in [1.54, 1.807) is 0 Å². The number of nitrogens with one attached hydrogen (secondary N) is 1. The summed E-state index contributed by atoms with van der Waals surface area (Å²) < 4.78 is 5.51. The molecule has 110 valence electrons. The molecule has 0 radical (unpaired) electrons. The number of hydrogen-bond acceptors (Lipinski definition) is 3. The Morgan fingerprint density at radius 2 is 1.95 bits per heavy atom. The SMILES string of the molecule is Cc1cc(C)cc(OCC(=O)NCC2(CCO)CC2)c1. The molecule has 1 aromatic carbocycles. The minimum absolute atomic E-state index is 0.0398.